The summed E-state index contributed by atoms with van der Waals surface area (Å²) < 4.78 is 30.0. The molecular weight excluding hydrogens is 488 g/mol. The molecule has 3 atom stereocenters. The Labute approximate surface area is 230 Å². The zero-order valence-corrected chi connectivity index (χ0v) is 22.6. The summed E-state index contributed by atoms with van der Waals surface area (Å²) in [6.45, 7) is 7.48. The Balaban J connectivity index is 1.31. The standard InChI is InChI=1S/C34H34O5/c1-23-24(2)34(28-16-18-30(32(20-28)36-4)38-22-26-13-9-6-10-14-26)39-33(23)27-15-17-29(31(19-27)35-3)37-21-25-11-7-5-8-12-25/h5-20,24,33-34H,1,21-22H2,2-4H3/t24-,33+,34+/m1/s1. The molecule has 1 aliphatic heterocycles. The first-order chi connectivity index (χ1) is 19.1. The van der Waals surface area contributed by atoms with Gasteiger partial charge in [-0.05, 0) is 52.1 Å². The minimum atomic E-state index is -0.262. The van der Waals surface area contributed by atoms with E-state index < -0.39 is 0 Å². The van der Waals surface area contributed by atoms with Crippen LogP contribution in [-0.4, -0.2) is 14.2 Å². The topological polar surface area (TPSA) is 46.2 Å². The van der Waals surface area contributed by atoms with Gasteiger partial charge in [-0.1, -0.05) is 86.3 Å². The number of hydrogen-bond donors (Lipinski definition) is 0. The van der Waals surface area contributed by atoms with Crippen LogP contribution in [0, 0.1) is 5.92 Å². The Morgan fingerprint density at radius 3 is 1.64 bits per heavy atom. The highest BCUT2D eigenvalue weighted by atomic mass is 16.5. The smallest absolute Gasteiger partial charge is 0.161 e. The number of benzene rings is 4. The summed E-state index contributed by atoms with van der Waals surface area (Å²) in [6.07, 6.45) is -0.429. The average Bonchev–Trinajstić information content (AvgIpc) is 3.29. The van der Waals surface area contributed by atoms with Crippen LogP contribution < -0.4 is 18.9 Å². The Hall–Kier alpha value is -4.22. The highest BCUT2D eigenvalue weighted by Gasteiger charge is 2.38. The van der Waals surface area contributed by atoms with E-state index in [1.807, 2.05) is 97.1 Å². The second-order valence-corrected chi connectivity index (χ2v) is 9.67. The fraction of sp³-hybridized carbons (Fsp3) is 0.235. The van der Waals surface area contributed by atoms with Crippen molar-refractivity contribution >= 4 is 0 Å². The molecule has 5 rings (SSSR count). The number of ether oxygens (including phenoxy) is 5. The zero-order chi connectivity index (χ0) is 27.2. The summed E-state index contributed by atoms with van der Waals surface area (Å²) in [4.78, 5) is 0. The Morgan fingerprint density at radius 1 is 0.641 bits per heavy atom. The molecule has 0 bridgehead atoms. The molecule has 4 aromatic carbocycles. The lowest BCUT2D eigenvalue weighted by Crippen LogP contribution is -2.06. The molecule has 1 heterocycles. The summed E-state index contributed by atoms with van der Waals surface area (Å²) >= 11 is 0. The lowest BCUT2D eigenvalue weighted by Gasteiger charge is -2.19. The van der Waals surface area contributed by atoms with Crippen LogP contribution >= 0.6 is 0 Å². The molecule has 0 aromatic heterocycles. The minimum absolute atomic E-state index is 0.107. The third-order valence-corrected chi connectivity index (χ3v) is 7.14. The van der Waals surface area contributed by atoms with Crippen LogP contribution in [0.5, 0.6) is 23.0 Å². The van der Waals surface area contributed by atoms with E-state index in [9.17, 15) is 0 Å². The van der Waals surface area contributed by atoms with Crippen LogP contribution in [0.4, 0.5) is 0 Å². The van der Waals surface area contributed by atoms with Crippen LogP contribution in [0.1, 0.15) is 41.4 Å². The van der Waals surface area contributed by atoms with Crippen LogP contribution in [-0.2, 0) is 18.0 Å². The summed E-state index contributed by atoms with van der Waals surface area (Å²) in [7, 11) is 3.31. The summed E-state index contributed by atoms with van der Waals surface area (Å²) in [5.41, 5.74) is 5.21. The SMILES string of the molecule is C=C1[C@@H](C)[C@@H](c2ccc(OCc3ccccc3)c(OC)c2)O[C@@H]1c1ccc(OCc2ccccc2)c(OC)c1. The summed E-state index contributed by atoms with van der Waals surface area (Å²) in [5, 5.41) is 0. The maximum absolute atomic E-state index is 6.60. The van der Waals surface area contributed by atoms with Gasteiger partial charge in [-0.2, -0.15) is 0 Å². The summed E-state index contributed by atoms with van der Waals surface area (Å²) in [6, 6.07) is 32.1. The van der Waals surface area contributed by atoms with Gasteiger partial charge in [0.1, 0.15) is 19.3 Å². The monoisotopic (exact) mass is 522 g/mol. The lowest BCUT2D eigenvalue weighted by molar-refractivity contribution is 0.0386. The van der Waals surface area contributed by atoms with Crippen LogP contribution in [0.2, 0.25) is 0 Å². The van der Waals surface area contributed by atoms with Crippen molar-refractivity contribution in [2.24, 2.45) is 5.92 Å². The van der Waals surface area contributed by atoms with E-state index in [0.29, 0.717) is 36.2 Å². The second kappa shape index (κ2) is 12.1. The molecule has 5 nitrogen and oxygen atoms in total. The number of hydrogen-bond acceptors (Lipinski definition) is 5. The normalized spacial score (nSPS) is 18.5. The Bertz CT molecular complexity index is 1400. The van der Waals surface area contributed by atoms with E-state index in [-0.39, 0.29) is 18.1 Å². The van der Waals surface area contributed by atoms with Crippen LogP contribution in [0.3, 0.4) is 0 Å². The molecule has 5 heteroatoms. The lowest BCUT2D eigenvalue weighted by atomic mass is 9.90. The molecular formula is C34H34O5. The van der Waals surface area contributed by atoms with Gasteiger partial charge in [0.25, 0.3) is 0 Å². The average molecular weight is 523 g/mol. The van der Waals surface area contributed by atoms with Gasteiger partial charge in [-0.3, -0.25) is 0 Å². The van der Waals surface area contributed by atoms with Gasteiger partial charge in [0.15, 0.2) is 23.0 Å². The maximum atomic E-state index is 6.60. The van der Waals surface area contributed by atoms with E-state index in [1.165, 1.54) is 0 Å². The van der Waals surface area contributed by atoms with Crippen LogP contribution in [0.15, 0.2) is 109 Å². The predicted molar refractivity (Wildman–Crippen MR) is 152 cm³/mol. The van der Waals surface area contributed by atoms with Crippen molar-refractivity contribution in [3.63, 3.8) is 0 Å². The zero-order valence-electron chi connectivity index (χ0n) is 22.6. The molecule has 4 aromatic rings. The van der Waals surface area contributed by atoms with Crippen molar-refractivity contribution in [3.05, 3.63) is 131 Å². The Kier molecular flexibility index (Phi) is 8.18. The molecule has 0 radical (unpaired) electrons. The molecule has 1 fully saturated rings. The fourth-order valence-corrected chi connectivity index (χ4v) is 4.86. The van der Waals surface area contributed by atoms with Crippen molar-refractivity contribution in [1.82, 2.24) is 0 Å². The van der Waals surface area contributed by atoms with Gasteiger partial charge in [-0.15, -0.1) is 0 Å². The first-order valence-electron chi connectivity index (χ1n) is 13.1. The Morgan fingerprint density at radius 2 is 1.13 bits per heavy atom. The van der Waals surface area contributed by atoms with Gasteiger partial charge in [-0.25, -0.2) is 0 Å². The van der Waals surface area contributed by atoms with E-state index in [4.69, 9.17) is 23.7 Å². The summed E-state index contributed by atoms with van der Waals surface area (Å²) in [5.74, 6) is 2.83. The highest BCUT2D eigenvalue weighted by Crippen LogP contribution is 2.50. The highest BCUT2D eigenvalue weighted by molar-refractivity contribution is 5.47. The van der Waals surface area contributed by atoms with E-state index in [0.717, 1.165) is 27.8 Å². The largest absolute Gasteiger partial charge is 0.493 e. The molecule has 0 spiro atoms. The van der Waals surface area contributed by atoms with E-state index in [1.54, 1.807) is 14.2 Å². The van der Waals surface area contributed by atoms with Crippen molar-refractivity contribution in [1.29, 1.82) is 0 Å². The van der Waals surface area contributed by atoms with Gasteiger partial charge >= 0.3 is 0 Å². The van der Waals surface area contributed by atoms with Crippen molar-refractivity contribution < 1.29 is 23.7 Å². The molecule has 0 unspecified atom stereocenters. The van der Waals surface area contributed by atoms with E-state index >= 15 is 0 Å². The number of methoxy groups -OCH3 is 2. The van der Waals surface area contributed by atoms with Crippen molar-refractivity contribution in [2.75, 3.05) is 14.2 Å². The van der Waals surface area contributed by atoms with Gasteiger partial charge in [0.05, 0.1) is 20.3 Å². The molecule has 1 aliphatic rings. The number of rotatable bonds is 10. The molecule has 0 aliphatic carbocycles. The third-order valence-electron chi connectivity index (χ3n) is 7.14. The molecule has 0 saturated carbocycles. The first kappa shape index (κ1) is 26.4. The van der Waals surface area contributed by atoms with Gasteiger partial charge < -0.3 is 23.7 Å². The van der Waals surface area contributed by atoms with Crippen molar-refractivity contribution in [3.8, 4) is 23.0 Å². The third kappa shape index (κ3) is 5.94. The van der Waals surface area contributed by atoms with Crippen LogP contribution in [0.25, 0.3) is 0 Å². The molecule has 1 saturated heterocycles. The predicted octanol–water partition coefficient (Wildman–Crippen LogP) is 7.87. The fourth-order valence-electron chi connectivity index (χ4n) is 4.86. The van der Waals surface area contributed by atoms with Gasteiger partial charge in [0, 0.05) is 5.92 Å². The first-order valence-corrected chi connectivity index (χ1v) is 13.1. The molecule has 200 valence electrons. The van der Waals surface area contributed by atoms with E-state index in [2.05, 4.69) is 13.5 Å². The minimum Gasteiger partial charge on any atom is -0.493 e. The maximum Gasteiger partial charge on any atom is 0.161 e. The molecule has 0 amide bonds. The van der Waals surface area contributed by atoms with Gasteiger partial charge in [0.2, 0.25) is 0 Å². The second-order valence-electron chi connectivity index (χ2n) is 9.67. The molecule has 0 N–H and O–H groups in total. The quantitative estimate of drug-likeness (QED) is 0.198. The van der Waals surface area contributed by atoms with Crippen molar-refractivity contribution in [2.45, 2.75) is 32.3 Å². The molecule has 39 heavy (non-hydrogen) atoms.